The first-order valence-corrected chi connectivity index (χ1v) is 8.52. The molecule has 0 amide bonds. The summed E-state index contributed by atoms with van der Waals surface area (Å²) < 4.78 is 0.638. The minimum atomic E-state index is -1.14. The van der Waals surface area contributed by atoms with Crippen LogP contribution in [0.2, 0.25) is 0 Å². The van der Waals surface area contributed by atoms with Crippen LogP contribution in [0.25, 0.3) is 6.08 Å². The normalized spacial score (nSPS) is 15.7. The quantitative estimate of drug-likeness (QED) is 0.524. The average molecular weight is 312 g/mol. The second-order valence-corrected chi connectivity index (χ2v) is 7.18. The van der Waals surface area contributed by atoms with Crippen molar-refractivity contribution in [1.29, 1.82) is 0 Å². The number of carboxylic acids is 1. The van der Waals surface area contributed by atoms with Gasteiger partial charge in [0.05, 0.1) is 4.24 Å². The molecule has 1 fully saturated rings. The van der Waals surface area contributed by atoms with Crippen molar-refractivity contribution < 1.29 is 14.7 Å². The minimum absolute atomic E-state index is 0.0949. The number of hydrogen-bond donors (Lipinski definition) is 1. The highest BCUT2D eigenvalue weighted by Crippen LogP contribution is 2.37. The number of thioether (sulfide) groups is 2. The third-order valence-corrected chi connectivity index (χ3v) is 5.82. The van der Waals surface area contributed by atoms with Crippen LogP contribution >= 0.6 is 34.9 Å². The minimum Gasteiger partial charge on any atom is -0.477 e. The molecule has 0 unspecified atom stereocenters. The molecular formula is C13H12O3S3. The molecule has 0 aliphatic carbocycles. The summed E-state index contributed by atoms with van der Waals surface area (Å²) in [6.45, 7) is 0. The molecule has 1 aromatic rings. The summed E-state index contributed by atoms with van der Waals surface area (Å²) in [6, 6.07) is 3.77. The number of carboxylic acid groups (broad SMARTS) is 1. The molecular weight excluding hydrogens is 300 g/mol. The number of rotatable bonds is 4. The number of hydrogen-bond acceptors (Lipinski definition) is 5. The first-order valence-electron chi connectivity index (χ1n) is 5.67. The van der Waals surface area contributed by atoms with Crippen LogP contribution in [-0.4, -0.2) is 28.4 Å². The van der Waals surface area contributed by atoms with Gasteiger partial charge in [-0.05, 0) is 41.5 Å². The van der Waals surface area contributed by atoms with E-state index in [2.05, 4.69) is 0 Å². The third-order valence-electron chi connectivity index (χ3n) is 2.36. The number of carbonyl (C=O) groups is 2. The molecule has 1 N–H and O–H groups in total. The van der Waals surface area contributed by atoms with E-state index in [-0.39, 0.29) is 5.57 Å². The molecule has 0 saturated carbocycles. The SMILES string of the molecule is O=C(O)C(C(=O)/C=C/c1cccs1)=C1SCCCS1. The largest absolute Gasteiger partial charge is 0.477 e. The van der Waals surface area contributed by atoms with Crippen LogP contribution < -0.4 is 0 Å². The van der Waals surface area contributed by atoms with Gasteiger partial charge in [0.1, 0.15) is 5.57 Å². The molecule has 0 spiro atoms. The molecule has 100 valence electrons. The Labute approximate surface area is 123 Å². The van der Waals surface area contributed by atoms with Crippen LogP contribution in [0, 0.1) is 0 Å². The predicted molar refractivity (Wildman–Crippen MR) is 82.6 cm³/mol. The molecule has 6 heteroatoms. The van der Waals surface area contributed by atoms with Gasteiger partial charge in [0.25, 0.3) is 0 Å². The summed E-state index contributed by atoms with van der Waals surface area (Å²) in [5.74, 6) is 0.178. The van der Waals surface area contributed by atoms with Crippen molar-refractivity contribution in [2.75, 3.05) is 11.5 Å². The second-order valence-electron chi connectivity index (χ2n) is 3.73. The summed E-state index contributed by atoms with van der Waals surface area (Å²) in [5, 5.41) is 11.1. The Hall–Kier alpha value is -0.980. The summed E-state index contributed by atoms with van der Waals surface area (Å²) in [7, 11) is 0. The maximum absolute atomic E-state index is 12.0. The highest BCUT2D eigenvalue weighted by molar-refractivity contribution is 8.22. The van der Waals surface area contributed by atoms with Gasteiger partial charge in [0.15, 0.2) is 5.78 Å². The predicted octanol–water partition coefficient (Wildman–Crippen LogP) is 3.50. The number of carbonyl (C=O) groups excluding carboxylic acids is 1. The van der Waals surface area contributed by atoms with Gasteiger partial charge in [0, 0.05) is 4.88 Å². The van der Waals surface area contributed by atoms with E-state index in [0.29, 0.717) is 4.24 Å². The van der Waals surface area contributed by atoms with E-state index in [1.807, 2.05) is 17.5 Å². The van der Waals surface area contributed by atoms with Gasteiger partial charge in [-0.25, -0.2) is 4.79 Å². The average Bonchev–Trinajstić information content (AvgIpc) is 2.90. The van der Waals surface area contributed by atoms with Gasteiger partial charge in [-0.3, -0.25) is 4.79 Å². The molecule has 1 aromatic heterocycles. The van der Waals surface area contributed by atoms with Gasteiger partial charge in [-0.1, -0.05) is 6.07 Å². The Morgan fingerprint density at radius 3 is 2.58 bits per heavy atom. The highest BCUT2D eigenvalue weighted by Gasteiger charge is 2.23. The molecule has 2 heterocycles. The van der Waals surface area contributed by atoms with Gasteiger partial charge in [-0.15, -0.1) is 34.9 Å². The van der Waals surface area contributed by atoms with E-state index < -0.39 is 11.8 Å². The molecule has 1 saturated heterocycles. The Kier molecular flexibility index (Phi) is 5.30. The fourth-order valence-corrected chi connectivity index (χ4v) is 4.74. The smallest absolute Gasteiger partial charge is 0.341 e. The van der Waals surface area contributed by atoms with Crippen molar-refractivity contribution in [2.45, 2.75) is 6.42 Å². The molecule has 3 nitrogen and oxygen atoms in total. The van der Waals surface area contributed by atoms with E-state index in [1.54, 1.807) is 6.08 Å². The van der Waals surface area contributed by atoms with Crippen molar-refractivity contribution in [2.24, 2.45) is 0 Å². The Balaban J connectivity index is 2.19. The molecule has 0 atom stereocenters. The maximum atomic E-state index is 12.0. The Morgan fingerprint density at radius 2 is 2.00 bits per heavy atom. The van der Waals surface area contributed by atoms with Gasteiger partial charge < -0.3 is 5.11 Å². The summed E-state index contributed by atoms with van der Waals surface area (Å²) in [6.07, 6.45) is 4.05. The molecule has 0 bridgehead atoms. The molecule has 19 heavy (non-hydrogen) atoms. The standard InChI is InChI=1S/C13H12O3S3/c14-10(5-4-9-3-1-6-17-9)11(12(15)16)13-18-7-2-8-19-13/h1,3-6H,2,7-8H2,(H,15,16)/b5-4+. The van der Waals surface area contributed by atoms with Gasteiger partial charge in [-0.2, -0.15) is 0 Å². The first-order chi connectivity index (χ1) is 9.18. The fourth-order valence-electron chi connectivity index (χ4n) is 1.50. The number of thiophene rings is 1. The number of ketones is 1. The van der Waals surface area contributed by atoms with Gasteiger partial charge >= 0.3 is 5.97 Å². The Morgan fingerprint density at radius 1 is 1.26 bits per heavy atom. The zero-order valence-electron chi connectivity index (χ0n) is 10.00. The van der Waals surface area contributed by atoms with E-state index in [0.717, 1.165) is 22.8 Å². The monoisotopic (exact) mass is 312 g/mol. The highest BCUT2D eigenvalue weighted by atomic mass is 32.2. The van der Waals surface area contributed by atoms with Gasteiger partial charge in [0.2, 0.25) is 0 Å². The summed E-state index contributed by atoms with van der Waals surface area (Å²) >= 11 is 4.43. The lowest BCUT2D eigenvalue weighted by Gasteiger charge is -2.14. The van der Waals surface area contributed by atoms with Crippen molar-refractivity contribution in [3.63, 3.8) is 0 Å². The zero-order valence-corrected chi connectivity index (χ0v) is 12.4. The van der Waals surface area contributed by atoms with Crippen molar-refractivity contribution in [3.05, 3.63) is 38.3 Å². The van der Waals surface area contributed by atoms with Crippen LogP contribution in [0.5, 0.6) is 0 Å². The molecule has 1 aliphatic heterocycles. The lowest BCUT2D eigenvalue weighted by molar-refractivity contribution is -0.134. The number of aliphatic carboxylic acids is 1. The van der Waals surface area contributed by atoms with Crippen LogP contribution in [0.4, 0.5) is 0 Å². The third kappa shape index (κ3) is 3.99. The topological polar surface area (TPSA) is 54.4 Å². The van der Waals surface area contributed by atoms with Crippen LogP contribution in [0.3, 0.4) is 0 Å². The molecule has 0 radical (unpaired) electrons. The summed E-state index contributed by atoms with van der Waals surface area (Å²) in [5.41, 5.74) is -0.0949. The fraction of sp³-hybridized carbons (Fsp3) is 0.231. The van der Waals surface area contributed by atoms with Crippen molar-refractivity contribution in [1.82, 2.24) is 0 Å². The van der Waals surface area contributed by atoms with Crippen molar-refractivity contribution >= 4 is 52.7 Å². The maximum Gasteiger partial charge on any atom is 0.341 e. The lowest BCUT2D eigenvalue weighted by atomic mass is 10.2. The number of allylic oxidation sites excluding steroid dienone is 1. The lowest BCUT2D eigenvalue weighted by Crippen LogP contribution is -2.13. The first kappa shape index (κ1) is 14.4. The van der Waals surface area contributed by atoms with Crippen LogP contribution in [0.15, 0.2) is 33.4 Å². The van der Waals surface area contributed by atoms with E-state index in [1.165, 1.54) is 40.9 Å². The van der Waals surface area contributed by atoms with Crippen molar-refractivity contribution in [3.8, 4) is 0 Å². The second kappa shape index (κ2) is 6.98. The van der Waals surface area contributed by atoms with Crippen LogP contribution in [-0.2, 0) is 9.59 Å². The Bertz CT molecular complexity index is 521. The zero-order chi connectivity index (χ0) is 13.7. The van der Waals surface area contributed by atoms with E-state index in [4.69, 9.17) is 0 Å². The molecule has 0 aromatic carbocycles. The molecule has 1 aliphatic rings. The van der Waals surface area contributed by atoms with Crippen LogP contribution in [0.1, 0.15) is 11.3 Å². The van der Waals surface area contributed by atoms with E-state index >= 15 is 0 Å². The molecule has 2 rings (SSSR count). The van der Waals surface area contributed by atoms with E-state index in [9.17, 15) is 14.7 Å². The summed E-state index contributed by atoms with van der Waals surface area (Å²) in [4.78, 5) is 24.2.